The number of amides is 2. The summed E-state index contributed by atoms with van der Waals surface area (Å²) in [5, 5.41) is 14.1. The van der Waals surface area contributed by atoms with Gasteiger partial charge in [0.1, 0.15) is 11.6 Å². The monoisotopic (exact) mass is 320 g/mol. The fourth-order valence-corrected chi connectivity index (χ4v) is 1.96. The zero-order chi connectivity index (χ0) is 16.8. The van der Waals surface area contributed by atoms with E-state index in [1.165, 1.54) is 0 Å². The van der Waals surface area contributed by atoms with E-state index in [0.717, 1.165) is 24.6 Å². The van der Waals surface area contributed by atoms with Crippen LogP contribution in [0.1, 0.15) is 26.7 Å². The molecule has 2 amide bonds. The van der Waals surface area contributed by atoms with Gasteiger partial charge in [-0.05, 0) is 25.5 Å². The van der Waals surface area contributed by atoms with Crippen molar-refractivity contribution in [2.24, 2.45) is 0 Å². The first-order chi connectivity index (χ1) is 10.3. The molecule has 0 aliphatic heterocycles. The van der Waals surface area contributed by atoms with Crippen molar-refractivity contribution in [2.45, 2.75) is 38.8 Å². The summed E-state index contributed by atoms with van der Waals surface area (Å²) in [6.07, 6.45) is 1.23. The van der Waals surface area contributed by atoms with Gasteiger partial charge in [0, 0.05) is 6.07 Å². The molecule has 5 nitrogen and oxygen atoms in total. The van der Waals surface area contributed by atoms with E-state index < -0.39 is 24.0 Å². The zero-order valence-corrected chi connectivity index (χ0v) is 12.3. The summed E-state index contributed by atoms with van der Waals surface area (Å²) in [6, 6.07) is 2.05. The Hall–Kier alpha value is -1.96. The van der Waals surface area contributed by atoms with E-state index >= 15 is 0 Å². The minimum Gasteiger partial charge on any atom is -0.433 e. The zero-order valence-electron chi connectivity index (χ0n) is 12.3. The number of anilines is 1. The molecule has 0 aliphatic rings. The van der Waals surface area contributed by atoms with E-state index in [2.05, 4.69) is 15.4 Å². The number of carbonyl (C=O) groups excluding carboxylic acids is 1. The number of hydrogen-bond donors (Lipinski definition) is 3. The summed E-state index contributed by atoms with van der Waals surface area (Å²) in [7, 11) is 0. The maximum Gasteiger partial charge on any atom is 0.387 e. The van der Waals surface area contributed by atoms with Crippen LogP contribution in [0.3, 0.4) is 0 Å². The molecule has 124 valence electrons. The summed E-state index contributed by atoms with van der Waals surface area (Å²) < 4.78 is 42.0. The first-order valence-corrected chi connectivity index (χ1v) is 6.74. The second-order valence-corrected chi connectivity index (χ2v) is 5.07. The van der Waals surface area contributed by atoms with Gasteiger partial charge < -0.3 is 20.5 Å². The maximum atomic E-state index is 13.2. The second kappa shape index (κ2) is 7.88. The van der Waals surface area contributed by atoms with Gasteiger partial charge in [-0.2, -0.15) is 8.78 Å². The molecule has 1 unspecified atom stereocenters. The van der Waals surface area contributed by atoms with Crippen LogP contribution in [0.15, 0.2) is 18.2 Å². The number of alkyl halides is 2. The van der Waals surface area contributed by atoms with Crippen LogP contribution >= 0.6 is 0 Å². The second-order valence-electron chi connectivity index (χ2n) is 5.07. The quantitative estimate of drug-likeness (QED) is 0.723. The lowest BCUT2D eigenvalue weighted by Gasteiger charge is -2.28. The molecule has 0 fully saturated rings. The number of halogens is 3. The lowest BCUT2D eigenvalue weighted by Crippen LogP contribution is -2.50. The minimum atomic E-state index is -3.10. The van der Waals surface area contributed by atoms with Crippen molar-refractivity contribution in [3.63, 3.8) is 0 Å². The first kappa shape index (κ1) is 18.1. The molecule has 1 rings (SSSR count). The molecule has 1 aromatic rings. The Balaban J connectivity index is 2.85. The average Bonchev–Trinajstić information content (AvgIpc) is 2.41. The molecule has 0 saturated heterocycles. The van der Waals surface area contributed by atoms with Gasteiger partial charge in [-0.3, -0.25) is 0 Å². The standard InChI is InChI=1S/C14H19F3N2O3/c1-3-6-14(2,8-20)19-13(21)18-10-7-9(15)4-5-11(10)22-12(16)17/h4-5,7,12,20H,3,6,8H2,1-2H3,(H2,18,19,21). The van der Waals surface area contributed by atoms with Crippen molar-refractivity contribution < 1.29 is 27.8 Å². The number of carbonyl (C=O) groups is 1. The highest BCUT2D eigenvalue weighted by Gasteiger charge is 2.25. The van der Waals surface area contributed by atoms with Crippen molar-refractivity contribution in [3.05, 3.63) is 24.0 Å². The summed E-state index contributed by atoms with van der Waals surface area (Å²) in [5.74, 6) is -1.07. The lowest BCUT2D eigenvalue weighted by molar-refractivity contribution is -0.0494. The summed E-state index contributed by atoms with van der Waals surface area (Å²) in [6.45, 7) is 0.127. The maximum absolute atomic E-state index is 13.2. The van der Waals surface area contributed by atoms with Crippen molar-refractivity contribution in [1.29, 1.82) is 0 Å². The van der Waals surface area contributed by atoms with Crippen LogP contribution in [0, 0.1) is 5.82 Å². The van der Waals surface area contributed by atoms with Gasteiger partial charge in [0.2, 0.25) is 0 Å². The van der Waals surface area contributed by atoms with Crippen molar-refractivity contribution in [1.82, 2.24) is 5.32 Å². The highest BCUT2D eigenvalue weighted by atomic mass is 19.3. The van der Waals surface area contributed by atoms with Crippen LogP contribution < -0.4 is 15.4 Å². The molecular weight excluding hydrogens is 301 g/mol. The first-order valence-electron chi connectivity index (χ1n) is 6.74. The number of rotatable bonds is 7. The molecule has 0 saturated carbocycles. The Bertz CT molecular complexity index is 514. The van der Waals surface area contributed by atoms with Gasteiger partial charge in [-0.15, -0.1) is 0 Å². The van der Waals surface area contributed by atoms with Gasteiger partial charge in [0.15, 0.2) is 0 Å². The van der Waals surface area contributed by atoms with Crippen LogP contribution in [-0.2, 0) is 0 Å². The van der Waals surface area contributed by atoms with Gasteiger partial charge in [-0.25, -0.2) is 9.18 Å². The largest absolute Gasteiger partial charge is 0.433 e. The molecule has 0 bridgehead atoms. The fourth-order valence-electron chi connectivity index (χ4n) is 1.96. The average molecular weight is 320 g/mol. The third-order valence-electron chi connectivity index (χ3n) is 2.97. The van der Waals surface area contributed by atoms with E-state index in [0.29, 0.717) is 6.42 Å². The lowest BCUT2D eigenvalue weighted by atomic mass is 9.98. The highest BCUT2D eigenvalue weighted by molar-refractivity contribution is 5.91. The van der Waals surface area contributed by atoms with Crippen LogP contribution in [0.2, 0.25) is 0 Å². The topological polar surface area (TPSA) is 70.6 Å². The molecule has 0 heterocycles. The Morgan fingerprint density at radius 1 is 1.45 bits per heavy atom. The molecule has 22 heavy (non-hydrogen) atoms. The van der Waals surface area contributed by atoms with Crippen LogP contribution in [0.4, 0.5) is 23.7 Å². The third-order valence-corrected chi connectivity index (χ3v) is 2.97. The summed E-state index contributed by atoms with van der Waals surface area (Å²) >= 11 is 0. The molecule has 3 N–H and O–H groups in total. The SMILES string of the molecule is CCCC(C)(CO)NC(=O)Nc1cc(F)ccc1OC(F)F. The normalized spacial score (nSPS) is 13.6. The van der Waals surface area contributed by atoms with Crippen LogP contribution in [0.25, 0.3) is 0 Å². The number of aliphatic hydroxyl groups excluding tert-OH is 1. The molecule has 0 radical (unpaired) electrons. The van der Waals surface area contributed by atoms with E-state index in [1.807, 2.05) is 6.92 Å². The number of hydrogen-bond acceptors (Lipinski definition) is 3. The smallest absolute Gasteiger partial charge is 0.387 e. The molecular formula is C14H19F3N2O3. The van der Waals surface area contributed by atoms with E-state index in [4.69, 9.17) is 0 Å². The third kappa shape index (κ3) is 5.44. The van der Waals surface area contributed by atoms with Crippen LogP contribution in [0.5, 0.6) is 5.75 Å². The Labute approximate surface area is 126 Å². The number of ether oxygens (including phenoxy) is 1. The number of nitrogens with one attached hydrogen (secondary N) is 2. The Kier molecular flexibility index (Phi) is 6.48. The number of urea groups is 1. The van der Waals surface area contributed by atoms with E-state index in [9.17, 15) is 23.1 Å². The molecule has 1 atom stereocenters. The minimum absolute atomic E-state index is 0.227. The van der Waals surface area contributed by atoms with Crippen molar-refractivity contribution in [3.8, 4) is 5.75 Å². The number of aliphatic hydroxyl groups is 1. The van der Waals surface area contributed by atoms with Crippen LogP contribution in [-0.4, -0.2) is 29.9 Å². The fraction of sp³-hybridized carbons (Fsp3) is 0.500. The van der Waals surface area contributed by atoms with E-state index in [-0.39, 0.29) is 18.0 Å². The van der Waals surface area contributed by atoms with Gasteiger partial charge in [0.05, 0.1) is 17.8 Å². The van der Waals surface area contributed by atoms with Gasteiger partial charge >= 0.3 is 12.6 Å². The summed E-state index contributed by atoms with van der Waals surface area (Å²) in [5.41, 5.74) is -1.09. The van der Waals surface area contributed by atoms with Gasteiger partial charge in [-0.1, -0.05) is 13.3 Å². The summed E-state index contributed by atoms with van der Waals surface area (Å²) in [4.78, 5) is 11.9. The van der Waals surface area contributed by atoms with Gasteiger partial charge in [0.25, 0.3) is 0 Å². The Morgan fingerprint density at radius 3 is 2.68 bits per heavy atom. The Morgan fingerprint density at radius 2 is 2.14 bits per heavy atom. The predicted octanol–water partition coefficient (Wildman–Crippen LogP) is 3.10. The number of benzene rings is 1. The van der Waals surface area contributed by atoms with Crippen molar-refractivity contribution in [2.75, 3.05) is 11.9 Å². The predicted molar refractivity (Wildman–Crippen MR) is 75.6 cm³/mol. The molecule has 0 aliphatic carbocycles. The molecule has 8 heteroatoms. The van der Waals surface area contributed by atoms with E-state index in [1.54, 1.807) is 6.92 Å². The highest BCUT2D eigenvalue weighted by Crippen LogP contribution is 2.27. The molecule has 0 aromatic heterocycles. The van der Waals surface area contributed by atoms with Crippen molar-refractivity contribution >= 4 is 11.7 Å². The molecule has 0 spiro atoms. The molecule has 1 aromatic carbocycles.